The van der Waals surface area contributed by atoms with Crippen LogP contribution in [0.1, 0.15) is 57.1 Å². The average molecular weight is 326 g/mol. The molecule has 0 saturated heterocycles. The molecule has 2 N–H and O–H groups in total. The molecule has 0 amide bonds. The Kier molecular flexibility index (Phi) is 5.43. The molecule has 1 aromatic carbocycles. The summed E-state index contributed by atoms with van der Waals surface area (Å²) in [4.78, 5) is 0. The van der Waals surface area contributed by atoms with Gasteiger partial charge in [-0.3, -0.25) is 0 Å². The SMILES string of the molecule is C[C@H](NCC1(O)CCCCCC1)c1cccc(Br)c1. The van der Waals surface area contributed by atoms with Crippen LogP contribution in [0.5, 0.6) is 0 Å². The van der Waals surface area contributed by atoms with Gasteiger partial charge in [0.05, 0.1) is 5.60 Å². The number of nitrogens with one attached hydrogen (secondary N) is 1. The van der Waals surface area contributed by atoms with E-state index in [0.717, 1.165) is 30.2 Å². The van der Waals surface area contributed by atoms with Crippen molar-refractivity contribution in [3.05, 3.63) is 34.3 Å². The summed E-state index contributed by atoms with van der Waals surface area (Å²) in [5.41, 5.74) is 0.753. The quantitative estimate of drug-likeness (QED) is 0.814. The second-order valence-corrected chi connectivity index (χ2v) is 6.71. The molecule has 1 aliphatic rings. The fraction of sp³-hybridized carbons (Fsp3) is 0.625. The summed E-state index contributed by atoms with van der Waals surface area (Å²) < 4.78 is 1.10. The Hall–Kier alpha value is -0.380. The molecule has 1 fully saturated rings. The normalized spacial score (nSPS) is 20.8. The molecule has 106 valence electrons. The van der Waals surface area contributed by atoms with Gasteiger partial charge in [-0.05, 0) is 37.5 Å². The maximum Gasteiger partial charge on any atom is 0.0771 e. The Morgan fingerprint density at radius 2 is 1.95 bits per heavy atom. The third-order valence-corrected chi connectivity index (χ3v) is 4.61. The van der Waals surface area contributed by atoms with Crippen LogP contribution >= 0.6 is 15.9 Å². The summed E-state index contributed by atoms with van der Waals surface area (Å²) in [6.45, 7) is 2.85. The molecule has 0 aliphatic heterocycles. The number of hydrogen-bond acceptors (Lipinski definition) is 2. The summed E-state index contributed by atoms with van der Waals surface area (Å²) in [7, 11) is 0. The molecule has 1 saturated carbocycles. The minimum absolute atomic E-state index is 0.268. The van der Waals surface area contributed by atoms with Crippen molar-refractivity contribution in [1.29, 1.82) is 0 Å². The van der Waals surface area contributed by atoms with E-state index in [0.29, 0.717) is 6.54 Å². The van der Waals surface area contributed by atoms with E-state index in [1.165, 1.54) is 18.4 Å². The first-order chi connectivity index (χ1) is 9.09. The predicted octanol–water partition coefficient (Wildman–Crippen LogP) is 4.19. The Balaban J connectivity index is 1.90. The minimum Gasteiger partial charge on any atom is -0.389 e. The molecule has 0 heterocycles. The first kappa shape index (κ1) is 15.0. The van der Waals surface area contributed by atoms with Crippen LogP contribution in [0, 0.1) is 0 Å². The van der Waals surface area contributed by atoms with E-state index >= 15 is 0 Å². The van der Waals surface area contributed by atoms with Crippen molar-refractivity contribution in [2.45, 2.75) is 57.1 Å². The molecule has 1 aromatic rings. The van der Waals surface area contributed by atoms with E-state index in [1.54, 1.807) is 0 Å². The van der Waals surface area contributed by atoms with Crippen LogP contribution in [0.2, 0.25) is 0 Å². The van der Waals surface area contributed by atoms with Crippen LogP contribution in [0.15, 0.2) is 28.7 Å². The summed E-state index contributed by atoms with van der Waals surface area (Å²) in [6, 6.07) is 8.62. The summed E-state index contributed by atoms with van der Waals surface area (Å²) in [5, 5.41) is 14.1. The summed E-state index contributed by atoms with van der Waals surface area (Å²) in [6.07, 6.45) is 6.72. The standard InChI is InChI=1S/C16H24BrNO/c1-13(14-7-6-8-15(17)11-14)18-12-16(19)9-4-2-3-5-10-16/h6-8,11,13,18-19H,2-5,9-10,12H2,1H3/t13-/m0/s1. The Labute approximate surface area is 124 Å². The highest BCUT2D eigenvalue weighted by atomic mass is 79.9. The van der Waals surface area contributed by atoms with Crippen molar-refractivity contribution < 1.29 is 5.11 Å². The van der Waals surface area contributed by atoms with Crippen molar-refractivity contribution in [3.63, 3.8) is 0 Å². The zero-order chi connectivity index (χ0) is 13.7. The van der Waals surface area contributed by atoms with Gasteiger partial charge in [0.2, 0.25) is 0 Å². The smallest absolute Gasteiger partial charge is 0.0771 e. The van der Waals surface area contributed by atoms with Crippen molar-refractivity contribution in [3.8, 4) is 0 Å². The lowest BCUT2D eigenvalue weighted by Crippen LogP contribution is -2.41. The number of aliphatic hydroxyl groups is 1. The van der Waals surface area contributed by atoms with Crippen molar-refractivity contribution in [2.75, 3.05) is 6.54 Å². The zero-order valence-corrected chi connectivity index (χ0v) is 13.2. The second kappa shape index (κ2) is 6.87. The molecule has 19 heavy (non-hydrogen) atoms. The topological polar surface area (TPSA) is 32.3 Å². The van der Waals surface area contributed by atoms with Crippen LogP contribution in [0.4, 0.5) is 0 Å². The lowest BCUT2D eigenvalue weighted by molar-refractivity contribution is 0.0231. The maximum atomic E-state index is 10.6. The molecule has 1 aliphatic carbocycles. The van der Waals surface area contributed by atoms with Crippen LogP contribution in [0.25, 0.3) is 0 Å². The third kappa shape index (κ3) is 4.59. The highest BCUT2D eigenvalue weighted by molar-refractivity contribution is 9.10. The lowest BCUT2D eigenvalue weighted by atomic mass is 9.94. The Morgan fingerprint density at radius 3 is 2.58 bits per heavy atom. The van der Waals surface area contributed by atoms with Gasteiger partial charge < -0.3 is 10.4 Å². The molecule has 0 aromatic heterocycles. The van der Waals surface area contributed by atoms with E-state index in [9.17, 15) is 5.11 Å². The van der Waals surface area contributed by atoms with Gasteiger partial charge in [0.25, 0.3) is 0 Å². The Bertz CT molecular complexity index is 399. The van der Waals surface area contributed by atoms with Gasteiger partial charge >= 0.3 is 0 Å². The highest BCUT2D eigenvalue weighted by Crippen LogP contribution is 2.27. The molecule has 2 rings (SSSR count). The van der Waals surface area contributed by atoms with E-state index in [-0.39, 0.29) is 6.04 Å². The average Bonchev–Trinajstić information content (AvgIpc) is 2.61. The van der Waals surface area contributed by atoms with Gasteiger partial charge in [0, 0.05) is 17.1 Å². The van der Waals surface area contributed by atoms with Gasteiger partial charge in [-0.15, -0.1) is 0 Å². The molecule has 3 heteroatoms. The van der Waals surface area contributed by atoms with Gasteiger partial charge in [-0.2, -0.15) is 0 Å². The fourth-order valence-corrected chi connectivity index (χ4v) is 3.22. The molecule has 0 bridgehead atoms. The molecule has 2 nitrogen and oxygen atoms in total. The molecule has 0 radical (unpaired) electrons. The fourth-order valence-electron chi connectivity index (χ4n) is 2.80. The number of hydrogen-bond donors (Lipinski definition) is 2. The number of rotatable bonds is 4. The number of benzene rings is 1. The van der Waals surface area contributed by atoms with Crippen molar-refractivity contribution in [2.24, 2.45) is 0 Å². The summed E-state index contributed by atoms with van der Waals surface area (Å²) >= 11 is 3.50. The predicted molar refractivity (Wildman–Crippen MR) is 83.2 cm³/mol. The van der Waals surface area contributed by atoms with Crippen LogP contribution in [-0.4, -0.2) is 17.3 Å². The molecular weight excluding hydrogens is 302 g/mol. The monoisotopic (exact) mass is 325 g/mol. The molecule has 0 spiro atoms. The minimum atomic E-state index is -0.503. The van der Waals surface area contributed by atoms with E-state index in [1.807, 2.05) is 6.07 Å². The second-order valence-electron chi connectivity index (χ2n) is 5.80. The largest absolute Gasteiger partial charge is 0.389 e. The summed E-state index contributed by atoms with van der Waals surface area (Å²) in [5.74, 6) is 0. The maximum absolute atomic E-state index is 10.6. The first-order valence-electron chi connectivity index (χ1n) is 7.30. The van der Waals surface area contributed by atoms with E-state index in [4.69, 9.17) is 0 Å². The van der Waals surface area contributed by atoms with E-state index in [2.05, 4.69) is 46.4 Å². The molecular formula is C16H24BrNO. The van der Waals surface area contributed by atoms with Crippen LogP contribution in [0.3, 0.4) is 0 Å². The molecule has 1 atom stereocenters. The van der Waals surface area contributed by atoms with Crippen molar-refractivity contribution in [1.82, 2.24) is 5.32 Å². The highest BCUT2D eigenvalue weighted by Gasteiger charge is 2.28. The third-order valence-electron chi connectivity index (χ3n) is 4.12. The molecule has 0 unspecified atom stereocenters. The first-order valence-corrected chi connectivity index (χ1v) is 8.10. The lowest BCUT2D eigenvalue weighted by Gasteiger charge is -2.29. The van der Waals surface area contributed by atoms with Crippen LogP contribution < -0.4 is 5.32 Å². The van der Waals surface area contributed by atoms with Gasteiger partial charge in [0.1, 0.15) is 0 Å². The van der Waals surface area contributed by atoms with Crippen molar-refractivity contribution >= 4 is 15.9 Å². The van der Waals surface area contributed by atoms with Gasteiger partial charge in [-0.25, -0.2) is 0 Å². The van der Waals surface area contributed by atoms with E-state index < -0.39 is 5.60 Å². The van der Waals surface area contributed by atoms with Crippen LogP contribution in [-0.2, 0) is 0 Å². The van der Waals surface area contributed by atoms with Gasteiger partial charge in [0.15, 0.2) is 0 Å². The van der Waals surface area contributed by atoms with Gasteiger partial charge in [-0.1, -0.05) is 53.7 Å². The zero-order valence-electron chi connectivity index (χ0n) is 11.7. The number of halogens is 1. The Morgan fingerprint density at radius 1 is 1.26 bits per heavy atom.